The van der Waals surface area contributed by atoms with Gasteiger partial charge in [0.15, 0.2) is 0 Å². The minimum Gasteiger partial charge on any atom is -0.306 e. The molecule has 0 bridgehead atoms. The highest BCUT2D eigenvalue weighted by Gasteiger charge is 2.12. The van der Waals surface area contributed by atoms with Gasteiger partial charge in [0.05, 0.1) is 6.54 Å². The zero-order valence-corrected chi connectivity index (χ0v) is 14.0. The van der Waals surface area contributed by atoms with Crippen LogP contribution >= 0.6 is 11.8 Å². The Balaban J connectivity index is 1.83. The minimum absolute atomic E-state index is 0.774. The van der Waals surface area contributed by atoms with Gasteiger partial charge >= 0.3 is 0 Å². The average molecular weight is 301 g/mol. The lowest BCUT2D eigenvalue weighted by molar-refractivity contribution is 0.513. The number of hydrogen-bond donors (Lipinski definition) is 1. The van der Waals surface area contributed by atoms with E-state index in [-0.39, 0.29) is 0 Å². The van der Waals surface area contributed by atoms with E-state index in [4.69, 9.17) is 0 Å². The summed E-state index contributed by atoms with van der Waals surface area (Å²) in [6.07, 6.45) is 8.60. The zero-order chi connectivity index (χ0) is 14.8. The van der Waals surface area contributed by atoms with E-state index in [1.54, 1.807) is 0 Å². The van der Waals surface area contributed by atoms with E-state index in [0.717, 1.165) is 24.6 Å². The van der Waals surface area contributed by atoms with E-state index >= 15 is 0 Å². The second-order valence-electron chi connectivity index (χ2n) is 5.78. The summed E-state index contributed by atoms with van der Waals surface area (Å²) >= 11 is 2.01. The number of benzene rings is 1. The molecule has 0 radical (unpaired) electrons. The number of thioether (sulfide) groups is 1. The molecular formula is C19H27NS. The summed E-state index contributed by atoms with van der Waals surface area (Å²) in [5, 5.41) is 3.23. The van der Waals surface area contributed by atoms with Crippen molar-refractivity contribution in [3.63, 3.8) is 0 Å². The van der Waals surface area contributed by atoms with Gasteiger partial charge in [0.2, 0.25) is 0 Å². The minimum atomic E-state index is 0.774. The molecule has 1 fully saturated rings. The molecule has 0 amide bonds. The fourth-order valence-electron chi connectivity index (χ4n) is 2.74. The summed E-state index contributed by atoms with van der Waals surface area (Å²) in [7, 11) is 0. The quantitative estimate of drug-likeness (QED) is 0.366. The first-order valence-electron chi connectivity index (χ1n) is 8.31. The molecule has 0 unspecified atom stereocenters. The summed E-state index contributed by atoms with van der Waals surface area (Å²) in [6, 6.07) is 8.69. The predicted octanol–water partition coefficient (Wildman–Crippen LogP) is 4.71. The van der Waals surface area contributed by atoms with Crippen LogP contribution in [0.15, 0.2) is 29.2 Å². The molecule has 1 nitrogen and oxygen atoms in total. The molecule has 1 aliphatic carbocycles. The van der Waals surface area contributed by atoms with Crippen molar-refractivity contribution in [2.45, 2.75) is 50.3 Å². The lowest BCUT2D eigenvalue weighted by atomic mass is 10.0. The normalized spacial score (nSPS) is 16.0. The van der Waals surface area contributed by atoms with Gasteiger partial charge in [-0.3, -0.25) is 0 Å². The molecule has 1 N–H and O–H groups in total. The molecule has 1 aliphatic rings. The average Bonchev–Trinajstić information content (AvgIpc) is 2.79. The second-order valence-corrected chi connectivity index (χ2v) is 6.87. The molecule has 2 rings (SSSR count). The van der Waals surface area contributed by atoms with Crippen molar-refractivity contribution in [3.05, 3.63) is 29.8 Å². The van der Waals surface area contributed by atoms with E-state index in [1.165, 1.54) is 49.2 Å². The SMILES string of the molecule is CCNCC#Cc1cccc(SCC2CCCCCC2)c1. The maximum Gasteiger partial charge on any atom is 0.0580 e. The third-order valence-corrected chi connectivity index (χ3v) is 5.22. The van der Waals surface area contributed by atoms with Gasteiger partial charge in [-0.25, -0.2) is 0 Å². The maximum atomic E-state index is 3.24. The molecule has 1 aromatic rings. The Morgan fingerprint density at radius 1 is 1.19 bits per heavy atom. The van der Waals surface area contributed by atoms with Crippen LogP contribution in [0.1, 0.15) is 51.0 Å². The van der Waals surface area contributed by atoms with Gasteiger partial charge in [-0.2, -0.15) is 0 Å². The monoisotopic (exact) mass is 301 g/mol. The fourth-order valence-corrected chi connectivity index (χ4v) is 3.89. The van der Waals surface area contributed by atoms with Crippen LogP contribution in [0.5, 0.6) is 0 Å². The Labute approximate surface area is 134 Å². The van der Waals surface area contributed by atoms with E-state index in [1.807, 2.05) is 11.8 Å². The smallest absolute Gasteiger partial charge is 0.0580 e. The Morgan fingerprint density at radius 2 is 2.00 bits per heavy atom. The molecule has 0 spiro atoms. The molecule has 1 saturated carbocycles. The van der Waals surface area contributed by atoms with Crippen LogP contribution in [-0.2, 0) is 0 Å². The van der Waals surface area contributed by atoms with Gasteiger partial charge in [-0.15, -0.1) is 11.8 Å². The molecule has 1 aromatic carbocycles. The molecule has 0 atom stereocenters. The van der Waals surface area contributed by atoms with Gasteiger partial charge < -0.3 is 5.32 Å². The summed E-state index contributed by atoms with van der Waals surface area (Å²) in [6.45, 7) is 3.86. The first-order valence-corrected chi connectivity index (χ1v) is 9.29. The van der Waals surface area contributed by atoms with E-state index < -0.39 is 0 Å². The first kappa shape index (κ1) is 16.5. The second kappa shape index (κ2) is 9.92. The topological polar surface area (TPSA) is 12.0 Å². The van der Waals surface area contributed by atoms with Crippen molar-refractivity contribution in [1.82, 2.24) is 5.32 Å². The molecule has 0 saturated heterocycles. The summed E-state index contributed by atoms with van der Waals surface area (Å²) in [4.78, 5) is 1.37. The van der Waals surface area contributed by atoms with Crippen LogP contribution < -0.4 is 5.32 Å². The highest BCUT2D eigenvalue weighted by Crippen LogP contribution is 2.29. The maximum absolute atomic E-state index is 3.24. The van der Waals surface area contributed by atoms with E-state index in [9.17, 15) is 0 Å². The number of hydrogen-bond acceptors (Lipinski definition) is 2. The molecule has 114 valence electrons. The molecule has 0 aromatic heterocycles. The highest BCUT2D eigenvalue weighted by molar-refractivity contribution is 7.99. The Bertz CT molecular complexity index is 464. The van der Waals surface area contributed by atoms with Crippen LogP contribution in [0.2, 0.25) is 0 Å². The summed E-state index contributed by atoms with van der Waals surface area (Å²) in [5.41, 5.74) is 1.14. The third-order valence-electron chi connectivity index (χ3n) is 3.99. The predicted molar refractivity (Wildman–Crippen MR) is 93.8 cm³/mol. The van der Waals surface area contributed by atoms with Crippen LogP contribution in [0.4, 0.5) is 0 Å². The van der Waals surface area contributed by atoms with Gasteiger partial charge in [0, 0.05) is 16.2 Å². The van der Waals surface area contributed by atoms with Crippen LogP contribution in [-0.4, -0.2) is 18.8 Å². The van der Waals surface area contributed by atoms with Crippen molar-refractivity contribution < 1.29 is 0 Å². The van der Waals surface area contributed by atoms with E-state index in [0.29, 0.717) is 0 Å². The van der Waals surface area contributed by atoms with Crippen molar-refractivity contribution in [2.24, 2.45) is 5.92 Å². The zero-order valence-electron chi connectivity index (χ0n) is 13.2. The standard InChI is InChI=1S/C19H27NS/c1-2-20-14-8-12-17-11-7-13-19(15-17)21-16-18-9-5-3-4-6-10-18/h7,11,13,15,18,20H,2-6,9-10,14,16H2,1H3. The van der Waals surface area contributed by atoms with Crippen molar-refractivity contribution in [1.29, 1.82) is 0 Å². The third kappa shape index (κ3) is 6.59. The van der Waals surface area contributed by atoms with Gasteiger partial charge in [0.1, 0.15) is 0 Å². The first-order chi connectivity index (χ1) is 10.4. The van der Waals surface area contributed by atoms with Crippen LogP contribution in [0.25, 0.3) is 0 Å². The molecule has 2 heteroatoms. The van der Waals surface area contributed by atoms with E-state index in [2.05, 4.69) is 48.3 Å². The van der Waals surface area contributed by atoms with Crippen LogP contribution in [0.3, 0.4) is 0 Å². The van der Waals surface area contributed by atoms with Crippen LogP contribution in [0, 0.1) is 17.8 Å². The molecule has 0 aliphatic heterocycles. The summed E-state index contributed by atoms with van der Waals surface area (Å²) in [5.74, 6) is 8.60. The van der Waals surface area contributed by atoms with Gasteiger partial charge in [0.25, 0.3) is 0 Å². The number of nitrogens with one attached hydrogen (secondary N) is 1. The van der Waals surface area contributed by atoms with Crippen molar-refractivity contribution >= 4 is 11.8 Å². The largest absolute Gasteiger partial charge is 0.306 e. The Morgan fingerprint density at radius 3 is 2.76 bits per heavy atom. The molecule has 0 heterocycles. The van der Waals surface area contributed by atoms with Gasteiger partial charge in [-0.05, 0) is 43.5 Å². The molecule has 21 heavy (non-hydrogen) atoms. The summed E-state index contributed by atoms with van der Waals surface area (Å²) < 4.78 is 0. The Kier molecular flexibility index (Phi) is 7.78. The number of rotatable bonds is 5. The lowest BCUT2D eigenvalue weighted by Crippen LogP contribution is -2.11. The fraction of sp³-hybridized carbons (Fsp3) is 0.579. The molecular weight excluding hydrogens is 274 g/mol. The van der Waals surface area contributed by atoms with Crippen molar-refractivity contribution in [3.8, 4) is 11.8 Å². The van der Waals surface area contributed by atoms with Gasteiger partial charge in [-0.1, -0.05) is 50.5 Å². The Hall–Kier alpha value is -0.910. The van der Waals surface area contributed by atoms with Crippen molar-refractivity contribution in [2.75, 3.05) is 18.8 Å². The lowest BCUT2D eigenvalue weighted by Gasteiger charge is -2.13. The highest BCUT2D eigenvalue weighted by atomic mass is 32.2.